The zero-order chi connectivity index (χ0) is 12.4. The first-order valence-corrected chi connectivity index (χ1v) is 5.98. The van der Waals surface area contributed by atoms with E-state index in [1.54, 1.807) is 0 Å². The number of aromatic nitrogens is 1. The van der Waals surface area contributed by atoms with Crippen molar-refractivity contribution in [3.8, 4) is 0 Å². The lowest BCUT2D eigenvalue weighted by atomic mass is 10.1. The van der Waals surface area contributed by atoms with Crippen LogP contribution in [0.5, 0.6) is 0 Å². The fourth-order valence-corrected chi connectivity index (χ4v) is 2.21. The van der Waals surface area contributed by atoms with Crippen molar-refractivity contribution < 1.29 is 0 Å². The maximum absolute atomic E-state index is 4.06. The van der Waals surface area contributed by atoms with E-state index < -0.39 is 0 Å². The van der Waals surface area contributed by atoms with Crippen LogP contribution in [-0.2, 0) is 0 Å². The molecule has 0 radical (unpaired) electrons. The van der Waals surface area contributed by atoms with Gasteiger partial charge in [-0.25, -0.2) is 0 Å². The van der Waals surface area contributed by atoms with E-state index in [1.165, 1.54) is 16.5 Å². The standard InChI is InChI=1S/C16H14N2/c1-18(14-9-11-17-12-10-14)16-8-4-6-13-5-2-3-7-15(13)16/h2-12H,1H3. The first-order valence-electron chi connectivity index (χ1n) is 5.98. The van der Waals surface area contributed by atoms with Crippen molar-refractivity contribution in [2.75, 3.05) is 11.9 Å². The van der Waals surface area contributed by atoms with E-state index in [4.69, 9.17) is 0 Å². The van der Waals surface area contributed by atoms with Crippen LogP contribution < -0.4 is 4.90 Å². The Balaban J connectivity index is 2.15. The summed E-state index contributed by atoms with van der Waals surface area (Å²) in [5.41, 5.74) is 2.35. The van der Waals surface area contributed by atoms with E-state index in [1.807, 2.05) is 24.5 Å². The minimum atomic E-state index is 1.14. The van der Waals surface area contributed by atoms with Crippen LogP contribution >= 0.6 is 0 Å². The van der Waals surface area contributed by atoms with Gasteiger partial charge >= 0.3 is 0 Å². The second kappa shape index (κ2) is 4.49. The molecule has 18 heavy (non-hydrogen) atoms. The maximum Gasteiger partial charge on any atom is 0.0487 e. The van der Waals surface area contributed by atoms with Crippen LogP contribution in [0.2, 0.25) is 0 Å². The molecule has 0 saturated carbocycles. The van der Waals surface area contributed by atoms with Gasteiger partial charge in [-0.1, -0.05) is 36.4 Å². The molecule has 3 aromatic rings. The Kier molecular flexibility index (Phi) is 2.69. The Morgan fingerprint density at radius 2 is 1.56 bits per heavy atom. The van der Waals surface area contributed by atoms with Gasteiger partial charge in [-0.15, -0.1) is 0 Å². The molecule has 1 aromatic heterocycles. The highest BCUT2D eigenvalue weighted by Gasteiger charge is 2.06. The van der Waals surface area contributed by atoms with Gasteiger partial charge in [0.05, 0.1) is 0 Å². The Morgan fingerprint density at radius 1 is 0.833 bits per heavy atom. The number of hydrogen-bond acceptors (Lipinski definition) is 2. The van der Waals surface area contributed by atoms with Crippen LogP contribution in [0, 0.1) is 0 Å². The number of anilines is 2. The summed E-state index contributed by atoms with van der Waals surface area (Å²) in [4.78, 5) is 6.24. The van der Waals surface area contributed by atoms with E-state index in [9.17, 15) is 0 Å². The highest BCUT2D eigenvalue weighted by molar-refractivity contribution is 5.95. The number of fused-ring (bicyclic) bond motifs is 1. The lowest BCUT2D eigenvalue weighted by Crippen LogP contribution is -2.09. The van der Waals surface area contributed by atoms with Crippen molar-refractivity contribution in [3.05, 3.63) is 67.0 Å². The molecular weight excluding hydrogens is 220 g/mol. The third kappa shape index (κ3) is 1.82. The fraction of sp³-hybridized carbons (Fsp3) is 0.0625. The van der Waals surface area contributed by atoms with Crippen LogP contribution in [0.3, 0.4) is 0 Å². The fourth-order valence-electron chi connectivity index (χ4n) is 2.21. The molecule has 2 heteroatoms. The smallest absolute Gasteiger partial charge is 0.0487 e. The molecule has 0 bridgehead atoms. The molecule has 0 aliphatic rings. The van der Waals surface area contributed by atoms with E-state index in [0.717, 1.165) is 5.69 Å². The molecule has 0 N–H and O–H groups in total. The van der Waals surface area contributed by atoms with E-state index in [0.29, 0.717) is 0 Å². The molecule has 0 aliphatic carbocycles. The molecule has 3 rings (SSSR count). The van der Waals surface area contributed by atoms with E-state index >= 15 is 0 Å². The van der Waals surface area contributed by atoms with Crippen LogP contribution in [0.15, 0.2) is 67.0 Å². The van der Waals surface area contributed by atoms with Gasteiger partial charge in [0.25, 0.3) is 0 Å². The third-order valence-corrected chi connectivity index (χ3v) is 3.18. The predicted octanol–water partition coefficient (Wildman–Crippen LogP) is 4.00. The first-order chi connectivity index (χ1) is 8.86. The average molecular weight is 234 g/mol. The number of nitrogens with zero attached hydrogens (tertiary/aromatic N) is 2. The van der Waals surface area contributed by atoms with Gasteiger partial charge in [0.15, 0.2) is 0 Å². The SMILES string of the molecule is CN(c1ccncc1)c1cccc2ccccc12. The highest BCUT2D eigenvalue weighted by Crippen LogP contribution is 2.30. The number of hydrogen-bond donors (Lipinski definition) is 0. The second-order valence-electron chi connectivity index (χ2n) is 4.26. The quantitative estimate of drug-likeness (QED) is 0.666. The summed E-state index contributed by atoms with van der Waals surface area (Å²) in [6, 6.07) is 18.8. The van der Waals surface area contributed by atoms with Crippen LogP contribution in [0.4, 0.5) is 11.4 Å². The summed E-state index contributed by atoms with van der Waals surface area (Å²) in [5, 5.41) is 2.52. The highest BCUT2D eigenvalue weighted by atomic mass is 15.1. The van der Waals surface area contributed by atoms with Gasteiger partial charge in [-0.2, -0.15) is 0 Å². The van der Waals surface area contributed by atoms with Gasteiger partial charge in [0.1, 0.15) is 0 Å². The Morgan fingerprint density at radius 3 is 2.39 bits per heavy atom. The van der Waals surface area contributed by atoms with Crippen molar-refractivity contribution in [3.63, 3.8) is 0 Å². The Bertz CT molecular complexity index is 657. The minimum Gasteiger partial charge on any atom is -0.344 e. The van der Waals surface area contributed by atoms with Gasteiger partial charge < -0.3 is 4.90 Å². The van der Waals surface area contributed by atoms with Crippen molar-refractivity contribution in [2.24, 2.45) is 0 Å². The number of rotatable bonds is 2. The van der Waals surface area contributed by atoms with Crippen LogP contribution in [0.1, 0.15) is 0 Å². The van der Waals surface area contributed by atoms with Gasteiger partial charge in [0.2, 0.25) is 0 Å². The third-order valence-electron chi connectivity index (χ3n) is 3.18. The average Bonchev–Trinajstić information content (AvgIpc) is 2.47. The molecule has 0 amide bonds. The molecule has 0 atom stereocenters. The summed E-state index contributed by atoms with van der Waals surface area (Å²) < 4.78 is 0. The molecule has 0 spiro atoms. The van der Waals surface area contributed by atoms with Crippen molar-refractivity contribution in [1.82, 2.24) is 4.98 Å². The molecule has 0 saturated heterocycles. The molecule has 1 heterocycles. The van der Waals surface area contributed by atoms with E-state index in [-0.39, 0.29) is 0 Å². The zero-order valence-electron chi connectivity index (χ0n) is 10.2. The molecule has 2 aromatic carbocycles. The van der Waals surface area contributed by atoms with Crippen molar-refractivity contribution >= 4 is 22.1 Å². The Hall–Kier alpha value is -2.35. The van der Waals surface area contributed by atoms with E-state index in [2.05, 4.69) is 59.4 Å². The van der Waals surface area contributed by atoms with Gasteiger partial charge in [0, 0.05) is 36.2 Å². The summed E-state index contributed by atoms with van der Waals surface area (Å²) >= 11 is 0. The monoisotopic (exact) mass is 234 g/mol. The van der Waals surface area contributed by atoms with Crippen molar-refractivity contribution in [1.29, 1.82) is 0 Å². The lowest BCUT2D eigenvalue weighted by molar-refractivity contribution is 1.20. The maximum atomic E-state index is 4.06. The summed E-state index contributed by atoms with van der Waals surface area (Å²) in [7, 11) is 2.08. The van der Waals surface area contributed by atoms with Crippen molar-refractivity contribution in [2.45, 2.75) is 0 Å². The van der Waals surface area contributed by atoms with Gasteiger partial charge in [-0.05, 0) is 23.6 Å². The summed E-state index contributed by atoms with van der Waals surface area (Å²) in [6.07, 6.45) is 3.63. The predicted molar refractivity (Wildman–Crippen MR) is 76.2 cm³/mol. The second-order valence-corrected chi connectivity index (χ2v) is 4.26. The largest absolute Gasteiger partial charge is 0.344 e. The summed E-state index contributed by atoms with van der Waals surface area (Å²) in [6.45, 7) is 0. The lowest BCUT2D eigenvalue weighted by Gasteiger charge is -2.21. The van der Waals surface area contributed by atoms with Gasteiger partial charge in [-0.3, -0.25) is 4.98 Å². The molecule has 0 aliphatic heterocycles. The molecule has 0 unspecified atom stereocenters. The Labute approximate surface area is 107 Å². The first kappa shape index (κ1) is 10.8. The van der Waals surface area contributed by atoms with Crippen LogP contribution in [0.25, 0.3) is 10.8 Å². The number of benzene rings is 2. The molecular formula is C16H14N2. The molecule has 2 nitrogen and oxygen atoms in total. The number of pyridine rings is 1. The minimum absolute atomic E-state index is 1.14. The zero-order valence-corrected chi connectivity index (χ0v) is 10.2. The topological polar surface area (TPSA) is 16.1 Å². The summed E-state index contributed by atoms with van der Waals surface area (Å²) in [5.74, 6) is 0. The molecule has 88 valence electrons. The van der Waals surface area contributed by atoms with Crippen LogP contribution in [-0.4, -0.2) is 12.0 Å². The molecule has 0 fully saturated rings. The normalized spacial score (nSPS) is 10.5.